The van der Waals surface area contributed by atoms with Crippen molar-refractivity contribution in [1.29, 1.82) is 0 Å². The minimum atomic E-state index is -0.580. The third-order valence-electron chi connectivity index (χ3n) is 4.26. The summed E-state index contributed by atoms with van der Waals surface area (Å²) in [7, 11) is 2.06. The third kappa shape index (κ3) is 5.06. The van der Waals surface area contributed by atoms with Crippen LogP contribution in [-0.4, -0.2) is 54.8 Å². The number of rotatable bonds is 6. The maximum absolute atomic E-state index is 12.9. The average molecular weight is 317 g/mol. The van der Waals surface area contributed by atoms with E-state index in [9.17, 15) is 9.59 Å². The third-order valence-corrected chi connectivity index (χ3v) is 4.26. The highest BCUT2D eigenvalue weighted by atomic mass is 16.2. The molecule has 23 heavy (non-hydrogen) atoms. The van der Waals surface area contributed by atoms with E-state index in [1.807, 2.05) is 35.2 Å². The van der Waals surface area contributed by atoms with Crippen molar-refractivity contribution in [2.24, 2.45) is 0 Å². The van der Waals surface area contributed by atoms with Crippen LogP contribution in [0.3, 0.4) is 0 Å². The van der Waals surface area contributed by atoms with Gasteiger partial charge in [-0.3, -0.25) is 9.59 Å². The lowest BCUT2D eigenvalue weighted by Crippen LogP contribution is -2.51. The number of likely N-dealkylation sites (N-methyl/N-ethyl adjacent to an activating group) is 1. The maximum Gasteiger partial charge on any atom is 0.249 e. The molecule has 2 amide bonds. The van der Waals surface area contributed by atoms with E-state index >= 15 is 0 Å². The topological polar surface area (TPSA) is 52.7 Å². The molecule has 5 nitrogen and oxygen atoms in total. The second kappa shape index (κ2) is 8.67. The monoisotopic (exact) mass is 317 g/mol. The SMILES string of the molecule is CCCCC(=O)N[C@H](C(=O)N1CCN(C)CC1)c1ccccc1. The van der Waals surface area contributed by atoms with Gasteiger partial charge in [-0.25, -0.2) is 0 Å². The summed E-state index contributed by atoms with van der Waals surface area (Å²) in [6.07, 6.45) is 2.28. The number of piperazine rings is 1. The molecular weight excluding hydrogens is 290 g/mol. The molecule has 0 aromatic heterocycles. The van der Waals surface area contributed by atoms with Gasteiger partial charge in [0, 0.05) is 32.6 Å². The Bertz CT molecular complexity index is 510. The van der Waals surface area contributed by atoms with E-state index in [1.165, 1.54) is 0 Å². The molecule has 2 rings (SSSR count). The van der Waals surface area contributed by atoms with Gasteiger partial charge in [0.25, 0.3) is 0 Å². The van der Waals surface area contributed by atoms with Crippen molar-refractivity contribution >= 4 is 11.8 Å². The Hall–Kier alpha value is -1.88. The quantitative estimate of drug-likeness (QED) is 0.870. The van der Waals surface area contributed by atoms with Gasteiger partial charge in [-0.15, -0.1) is 0 Å². The maximum atomic E-state index is 12.9. The Morgan fingerprint density at radius 2 is 1.78 bits per heavy atom. The predicted octanol–water partition coefficient (Wildman–Crippen LogP) is 1.81. The summed E-state index contributed by atoms with van der Waals surface area (Å²) in [4.78, 5) is 29.1. The van der Waals surface area contributed by atoms with Gasteiger partial charge in [-0.2, -0.15) is 0 Å². The minimum Gasteiger partial charge on any atom is -0.341 e. The first-order chi connectivity index (χ1) is 11.1. The first-order valence-corrected chi connectivity index (χ1v) is 8.43. The summed E-state index contributed by atoms with van der Waals surface area (Å²) >= 11 is 0. The van der Waals surface area contributed by atoms with Gasteiger partial charge in [0.05, 0.1) is 0 Å². The van der Waals surface area contributed by atoms with E-state index in [0.717, 1.165) is 31.5 Å². The van der Waals surface area contributed by atoms with E-state index in [-0.39, 0.29) is 11.8 Å². The van der Waals surface area contributed by atoms with Crippen molar-refractivity contribution in [3.8, 4) is 0 Å². The summed E-state index contributed by atoms with van der Waals surface area (Å²) in [5, 5.41) is 2.93. The van der Waals surface area contributed by atoms with Crippen molar-refractivity contribution < 1.29 is 9.59 Å². The number of amides is 2. The van der Waals surface area contributed by atoms with Crippen LogP contribution in [0.15, 0.2) is 30.3 Å². The Kier molecular flexibility index (Phi) is 6.59. The van der Waals surface area contributed by atoms with Gasteiger partial charge in [-0.05, 0) is 19.0 Å². The highest BCUT2D eigenvalue weighted by Gasteiger charge is 2.28. The van der Waals surface area contributed by atoms with Crippen molar-refractivity contribution in [2.75, 3.05) is 33.2 Å². The van der Waals surface area contributed by atoms with Crippen LogP contribution in [0.5, 0.6) is 0 Å². The minimum absolute atomic E-state index is 0.00542. The molecule has 1 aromatic rings. The number of carbonyl (C=O) groups is 2. The number of unbranched alkanes of at least 4 members (excludes halogenated alkanes) is 1. The van der Waals surface area contributed by atoms with Gasteiger partial charge in [-0.1, -0.05) is 43.7 Å². The molecule has 126 valence electrons. The van der Waals surface area contributed by atoms with Crippen LogP contribution in [0.4, 0.5) is 0 Å². The molecule has 5 heteroatoms. The molecular formula is C18H27N3O2. The van der Waals surface area contributed by atoms with E-state index in [1.54, 1.807) is 0 Å². The normalized spacial score (nSPS) is 16.9. The number of benzene rings is 1. The summed E-state index contributed by atoms with van der Waals surface area (Å²) in [5.74, 6) is -0.0580. The smallest absolute Gasteiger partial charge is 0.249 e. The molecule has 0 bridgehead atoms. The van der Waals surface area contributed by atoms with Crippen LogP contribution >= 0.6 is 0 Å². The molecule has 1 N–H and O–H groups in total. The van der Waals surface area contributed by atoms with Gasteiger partial charge in [0.2, 0.25) is 11.8 Å². The molecule has 0 spiro atoms. The molecule has 0 radical (unpaired) electrons. The summed E-state index contributed by atoms with van der Waals surface area (Å²) in [6, 6.07) is 8.94. The van der Waals surface area contributed by atoms with Crippen LogP contribution in [-0.2, 0) is 9.59 Å². The van der Waals surface area contributed by atoms with Crippen LogP contribution in [0.1, 0.15) is 37.8 Å². The first kappa shape index (κ1) is 17.5. The Morgan fingerprint density at radius 3 is 2.39 bits per heavy atom. The molecule has 0 aliphatic carbocycles. The highest BCUT2D eigenvalue weighted by molar-refractivity contribution is 5.88. The van der Waals surface area contributed by atoms with Crippen LogP contribution < -0.4 is 5.32 Å². The zero-order valence-corrected chi connectivity index (χ0v) is 14.1. The predicted molar refractivity (Wildman–Crippen MR) is 90.9 cm³/mol. The lowest BCUT2D eigenvalue weighted by atomic mass is 10.0. The van der Waals surface area contributed by atoms with Crippen molar-refractivity contribution in [3.63, 3.8) is 0 Å². The van der Waals surface area contributed by atoms with Crippen LogP contribution in [0.25, 0.3) is 0 Å². The largest absolute Gasteiger partial charge is 0.341 e. The number of hydrogen-bond donors (Lipinski definition) is 1. The highest BCUT2D eigenvalue weighted by Crippen LogP contribution is 2.17. The number of carbonyl (C=O) groups excluding carboxylic acids is 2. The zero-order chi connectivity index (χ0) is 16.7. The summed E-state index contributed by atoms with van der Waals surface area (Å²) < 4.78 is 0. The van der Waals surface area contributed by atoms with E-state index < -0.39 is 6.04 Å². The molecule has 1 aliphatic rings. The standard InChI is InChI=1S/C18H27N3O2/c1-3-4-10-16(22)19-17(15-8-6-5-7-9-15)18(23)21-13-11-20(2)12-14-21/h5-9,17H,3-4,10-14H2,1-2H3,(H,19,22)/t17-/m0/s1. The Labute approximate surface area is 138 Å². The fourth-order valence-electron chi connectivity index (χ4n) is 2.71. The van der Waals surface area contributed by atoms with E-state index in [0.29, 0.717) is 19.5 Å². The lowest BCUT2D eigenvalue weighted by Gasteiger charge is -2.35. The molecule has 1 aliphatic heterocycles. The molecule has 1 aromatic carbocycles. The van der Waals surface area contributed by atoms with Gasteiger partial charge in [0.1, 0.15) is 6.04 Å². The molecule has 1 atom stereocenters. The summed E-state index contributed by atoms with van der Waals surface area (Å²) in [6.45, 7) is 5.22. The fourth-order valence-corrected chi connectivity index (χ4v) is 2.71. The second-order valence-electron chi connectivity index (χ2n) is 6.14. The van der Waals surface area contributed by atoms with Crippen molar-refractivity contribution in [2.45, 2.75) is 32.2 Å². The van der Waals surface area contributed by atoms with Crippen molar-refractivity contribution in [3.05, 3.63) is 35.9 Å². The average Bonchev–Trinajstić information content (AvgIpc) is 2.58. The summed E-state index contributed by atoms with van der Waals surface area (Å²) in [5.41, 5.74) is 0.848. The Morgan fingerprint density at radius 1 is 1.13 bits per heavy atom. The first-order valence-electron chi connectivity index (χ1n) is 8.43. The van der Waals surface area contributed by atoms with Crippen LogP contribution in [0, 0.1) is 0 Å². The van der Waals surface area contributed by atoms with Crippen molar-refractivity contribution in [1.82, 2.24) is 15.1 Å². The number of hydrogen-bond acceptors (Lipinski definition) is 3. The molecule has 1 fully saturated rings. The molecule has 1 heterocycles. The van der Waals surface area contributed by atoms with E-state index in [2.05, 4.69) is 24.2 Å². The number of nitrogens with one attached hydrogen (secondary N) is 1. The van der Waals surface area contributed by atoms with Gasteiger partial charge in [0.15, 0.2) is 0 Å². The zero-order valence-electron chi connectivity index (χ0n) is 14.1. The van der Waals surface area contributed by atoms with E-state index in [4.69, 9.17) is 0 Å². The lowest BCUT2D eigenvalue weighted by molar-refractivity contribution is -0.138. The molecule has 0 saturated carbocycles. The second-order valence-corrected chi connectivity index (χ2v) is 6.14. The Balaban J connectivity index is 2.09. The molecule has 0 unspecified atom stereocenters. The number of nitrogens with zero attached hydrogens (tertiary/aromatic N) is 2. The van der Waals surface area contributed by atoms with Gasteiger partial charge >= 0.3 is 0 Å². The van der Waals surface area contributed by atoms with Crippen LogP contribution in [0.2, 0.25) is 0 Å². The molecule has 1 saturated heterocycles. The fraction of sp³-hybridized carbons (Fsp3) is 0.556. The van der Waals surface area contributed by atoms with Gasteiger partial charge < -0.3 is 15.1 Å².